The monoisotopic (exact) mass is 122 g/mol. The molecule has 44 valence electrons. The van der Waals surface area contributed by atoms with Crippen LogP contribution >= 0.6 is 12.2 Å². The number of hydrogen-bond donors (Lipinski definition) is 0. The van der Waals surface area contributed by atoms with Gasteiger partial charge in [0.25, 0.3) is 0 Å². The van der Waals surface area contributed by atoms with Crippen molar-refractivity contribution in [2.45, 2.75) is 7.43 Å². The lowest BCUT2D eigenvalue weighted by Gasteiger charge is -1.94. The fourth-order valence-electron chi connectivity index (χ4n) is 0.0833. The van der Waals surface area contributed by atoms with Crippen LogP contribution in [0.25, 0.3) is 0 Å². The van der Waals surface area contributed by atoms with Crippen molar-refractivity contribution in [3.63, 3.8) is 0 Å². The highest BCUT2D eigenvalue weighted by molar-refractivity contribution is 7.79. The minimum absolute atomic E-state index is 0. The van der Waals surface area contributed by atoms with Crippen molar-refractivity contribution in [3.05, 3.63) is 0 Å². The summed E-state index contributed by atoms with van der Waals surface area (Å²) in [6.45, 7) is 0. The predicted molar refractivity (Wildman–Crippen MR) is 33.3 cm³/mol. The highest BCUT2D eigenvalue weighted by Crippen LogP contribution is 1.74. The normalized spacial score (nSPS) is 6.00. The predicted octanol–water partition coefficient (Wildman–Crippen LogP) is 1.20. The van der Waals surface area contributed by atoms with Gasteiger partial charge in [-0.2, -0.15) is 0 Å². The molecular formula is C4H10O2S. The van der Waals surface area contributed by atoms with Gasteiger partial charge in [0.2, 0.25) is 0 Å². The molecule has 0 fully saturated rings. The number of ether oxygens (including phenoxy) is 2. The van der Waals surface area contributed by atoms with Crippen molar-refractivity contribution in [1.29, 1.82) is 0 Å². The van der Waals surface area contributed by atoms with E-state index in [2.05, 4.69) is 21.7 Å². The molecule has 0 bridgehead atoms. The summed E-state index contributed by atoms with van der Waals surface area (Å²) in [5.41, 5.74) is 0. The van der Waals surface area contributed by atoms with Crippen molar-refractivity contribution in [1.82, 2.24) is 0 Å². The van der Waals surface area contributed by atoms with Crippen molar-refractivity contribution >= 4 is 17.5 Å². The second-order valence-electron chi connectivity index (χ2n) is 0.658. The largest absolute Gasteiger partial charge is 0.460 e. The van der Waals surface area contributed by atoms with Crippen LogP contribution in [-0.2, 0) is 9.47 Å². The summed E-state index contributed by atoms with van der Waals surface area (Å²) in [6.07, 6.45) is 0. The number of thiocarbonyl (C=S) groups is 1. The van der Waals surface area contributed by atoms with Crippen molar-refractivity contribution in [2.75, 3.05) is 14.2 Å². The van der Waals surface area contributed by atoms with Gasteiger partial charge in [0.05, 0.1) is 14.2 Å². The molecule has 0 aliphatic carbocycles. The molecule has 0 aromatic heterocycles. The van der Waals surface area contributed by atoms with Crippen LogP contribution in [0.1, 0.15) is 7.43 Å². The summed E-state index contributed by atoms with van der Waals surface area (Å²) in [5, 5.41) is 0.176. The molecule has 0 spiro atoms. The Labute approximate surface area is 49.4 Å². The van der Waals surface area contributed by atoms with E-state index in [4.69, 9.17) is 0 Å². The maximum atomic E-state index is 4.41. The van der Waals surface area contributed by atoms with Crippen molar-refractivity contribution in [3.8, 4) is 0 Å². The third kappa shape index (κ3) is 5.69. The van der Waals surface area contributed by atoms with E-state index in [1.54, 1.807) is 0 Å². The van der Waals surface area contributed by atoms with Crippen LogP contribution in [0.5, 0.6) is 0 Å². The first-order chi connectivity index (χ1) is 2.81. The first kappa shape index (κ1) is 9.85. The van der Waals surface area contributed by atoms with Crippen LogP contribution in [0, 0.1) is 0 Å². The van der Waals surface area contributed by atoms with Crippen LogP contribution in [0.4, 0.5) is 0 Å². The summed E-state index contributed by atoms with van der Waals surface area (Å²) in [5.74, 6) is 0. The molecule has 0 rings (SSSR count). The minimum atomic E-state index is 0. The number of methoxy groups -OCH3 is 2. The Balaban J connectivity index is 0. The molecule has 0 unspecified atom stereocenters. The zero-order valence-corrected chi connectivity index (χ0v) is 4.54. The molecule has 0 aliphatic rings. The standard InChI is InChI=1S/C3H6O2S.CH4/c1-4-3(6)5-2;/h1-2H3;1H4. The number of hydrogen-bond acceptors (Lipinski definition) is 3. The molecule has 0 saturated carbocycles. The third-order valence-electron chi connectivity index (χ3n) is 0.333. The van der Waals surface area contributed by atoms with Crippen molar-refractivity contribution in [2.24, 2.45) is 0 Å². The van der Waals surface area contributed by atoms with Gasteiger partial charge in [0.15, 0.2) is 0 Å². The zero-order valence-electron chi connectivity index (χ0n) is 3.72. The molecule has 0 aromatic rings. The minimum Gasteiger partial charge on any atom is -0.460 e. The van der Waals surface area contributed by atoms with E-state index in [0.717, 1.165) is 0 Å². The highest BCUT2D eigenvalue weighted by atomic mass is 32.1. The summed E-state index contributed by atoms with van der Waals surface area (Å²) < 4.78 is 8.82. The van der Waals surface area contributed by atoms with Gasteiger partial charge in [0.1, 0.15) is 0 Å². The maximum absolute atomic E-state index is 4.41. The summed E-state index contributed by atoms with van der Waals surface area (Å²) in [6, 6.07) is 0. The topological polar surface area (TPSA) is 18.5 Å². The van der Waals surface area contributed by atoms with Crippen molar-refractivity contribution < 1.29 is 9.47 Å². The van der Waals surface area contributed by atoms with E-state index in [-0.39, 0.29) is 12.7 Å². The molecule has 0 atom stereocenters. The Kier molecular flexibility index (Phi) is 8.00. The van der Waals surface area contributed by atoms with Crippen LogP contribution < -0.4 is 0 Å². The molecule has 3 heteroatoms. The van der Waals surface area contributed by atoms with E-state index in [9.17, 15) is 0 Å². The Bertz CT molecular complexity index is 47.7. The van der Waals surface area contributed by atoms with Crippen LogP contribution in [0.2, 0.25) is 0 Å². The first-order valence-electron chi connectivity index (χ1n) is 1.43. The summed E-state index contributed by atoms with van der Waals surface area (Å²) in [7, 11) is 2.93. The Hall–Kier alpha value is -0.310. The molecule has 0 aliphatic heterocycles. The van der Waals surface area contributed by atoms with E-state index in [0.29, 0.717) is 0 Å². The Morgan fingerprint density at radius 1 is 1.29 bits per heavy atom. The molecular weight excluding hydrogens is 112 g/mol. The van der Waals surface area contributed by atoms with Crippen LogP contribution in [0.15, 0.2) is 0 Å². The summed E-state index contributed by atoms with van der Waals surface area (Å²) >= 11 is 4.41. The first-order valence-corrected chi connectivity index (χ1v) is 1.84. The van der Waals surface area contributed by atoms with Crippen LogP contribution in [0.3, 0.4) is 0 Å². The molecule has 2 nitrogen and oxygen atoms in total. The Morgan fingerprint density at radius 2 is 1.57 bits per heavy atom. The van der Waals surface area contributed by atoms with E-state index in [1.165, 1.54) is 14.2 Å². The van der Waals surface area contributed by atoms with E-state index in [1.807, 2.05) is 0 Å². The molecule has 0 radical (unpaired) electrons. The molecule has 0 saturated heterocycles. The second-order valence-corrected chi connectivity index (χ2v) is 0.992. The second kappa shape index (κ2) is 5.69. The molecule has 0 amide bonds. The van der Waals surface area contributed by atoms with Gasteiger partial charge in [-0.1, -0.05) is 7.43 Å². The van der Waals surface area contributed by atoms with Gasteiger partial charge in [-0.15, -0.1) is 0 Å². The lowest BCUT2D eigenvalue weighted by Crippen LogP contribution is -1.97. The van der Waals surface area contributed by atoms with Gasteiger partial charge in [-0.25, -0.2) is 0 Å². The Morgan fingerprint density at radius 3 is 1.57 bits per heavy atom. The molecule has 0 N–H and O–H groups in total. The fourth-order valence-corrected chi connectivity index (χ4v) is 0.0833. The lowest BCUT2D eigenvalue weighted by atomic mass is 11.4. The van der Waals surface area contributed by atoms with Gasteiger partial charge >= 0.3 is 5.24 Å². The molecule has 0 heterocycles. The van der Waals surface area contributed by atoms with E-state index >= 15 is 0 Å². The third-order valence-corrected chi connectivity index (χ3v) is 0.667. The van der Waals surface area contributed by atoms with Crippen LogP contribution in [-0.4, -0.2) is 19.5 Å². The van der Waals surface area contributed by atoms with Gasteiger partial charge in [-0.3, -0.25) is 0 Å². The van der Waals surface area contributed by atoms with E-state index < -0.39 is 0 Å². The maximum Gasteiger partial charge on any atom is 0.351 e. The average Bonchev–Trinajstić information content (AvgIpc) is 1.65. The van der Waals surface area contributed by atoms with Gasteiger partial charge < -0.3 is 9.47 Å². The summed E-state index contributed by atoms with van der Waals surface area (Å²) in [4.78, 5) is 0. The number of rotatable bonds is 0. The average molecular weight is 122 g/mol. The van der Waals surface area contributed by atoms with Gasteiger partial charge in [0, 0.05) is 12.2 Å². The SMILES string of the molecule is C.COC(=S)OC. The lowest BCUT2D eigenvalue weighted by molar-refractivity contribution is 0.258. The molecule has 7 heavy (non-hydrogen) atoms. The smallest absolute Gasteiger partial charge is 0.351 e. The zero-order chi connectivity index (χ0) is 4.99. The quantitative estimate of drug-likeness (QED) is 0.450. The molecule has 0 aromatic carbocycles. The highest BCUT2D eigenvalue weighted by Gasteiger charge is 1.81. The fraction of sp³-hybridized carbons (Fsp3) is 0.750. The van der Waals surface area contributed by atoms with Gasteiger partial charge in [-0.05, 0) is 0 Å².